The van der Waals surface area contributed by atoms with Crippen LogP contribution in [0.15, 0.2) is 33.9 Å². The lowest BCUT2D eigenvalue weighted by atomic mass is 10.3. The number of nitrogens with two attached hydrogens (primary N) is 1. The van der Waals surface area contributed by atoms with Gasteiger partial charge in [0.1, 0.15) is 0 Å². The maximum atomic E-state index is 12.3. The van der Waals surface area contributed by atoms with Gasteiger partial charge in [0.2, 0.25) is 5.03 Å². The van der Waals surface area contributed by atoms with Crippen LogP contribution in [-0.2, 0) is 17.1 Å². The largest absolute Gasteiger partial charge is 0.351 e. The van der Waals surface area contributed by atoms with Crippen molar-refractivity contribution in [1.29, 1.82) is 0 Å². The second kappa shape index (κ2) is 5.69. The minimum absolute atomic E-state index is 0.101. The molecule has 0 spiro atoms. The molecule has 0 unspecified atom stereocenters. The van der Waals surface area contributed by atoms with Gasteiger partial charge in [0.15, 0.2) is 4.60 Å². The molecule has 11 heteroatoms. The van der Waals surface area contributed by atoms with Crippen molar-refractivity contribution < 1.29 is 13.2 Å². The molecule has 2 aromatic rings. The van der Waals surface area contributed by atoms with E-state index in [9.17, 15) is 13.2 Å². The van der Waals surface area contributed by atoms with E-state index in [1.807, 2.05) is 0 Å². The van der Waals surface area contributed by atoms with Gasteiger partial charge in [-0.1, -0.05) is 11.3 Å². The molecule has 0 aliphatic rings. The second-order valence-corrected chi connectivity index (χ2v) is 6.33. The van der Waals surface area contributed by atoms with E-state index in [1.165, 1.54) is 19.2 Å². The molecule has 0 fully saturated rings. The van der Waals surface area contributed by atoms with Crippen LogP contribution in [0.5, 0.6) is 0 Å². The van der Waals surface area contributed by atoms with Gasteiger partial charge in [0.25, 0.3) is 10.0 Å². The molecule has 1 heterocycles. The quantitative estimate of drug-likeness (QED) is 0.730. The molecule has 112 valence electrons. The molecule has 0 atom stereocenters. The van der Waals surface area contributed by atoms with Gasteiger partial charge < -0.3 is 11.1 Å². The Labute approximate surface area is 128 Å². The smallest absolute Gasteiger partial charge is 0.316 e. The number of nitrogens with zero attached hydrogens (tertiary/aromatic N) is 3. The molecule has 9 nitrogen and oxygen atoms in total. The van der Waals surface area contributed by atoms with Crippen LogP contribution in [0.25, 0.3) is 0 Å². The zero-order chi connectivity index (χ0) is 15.6. The first-order chi connectivity index (χ1) is 9.79. The highest BCUT2D eigenvalue weighted by molar-refractivity contribution is 9.10. The fraction of sp³-hybridized carbons (Fsp3) is 0.100. The van der Waals surface area contributed by atoms with Gasteiger partial charge in [0, 0.05) is 12.7 Å². The highest BCUT2D eigenvalue weighted by Gasteiger charge is 2.24. The molecule has 1 aromatic carbocycles. The molecule has 0 radical (unpaired) electrons. The van der Waals surface area contributed by atoms with E-state index < -0.39 is 16.1 Å². The molecule has 0 bridgehead atoms. The third kappa shape index (κ3) is 3.49. The summed E-state index contributed by atoms with van der Waals surface area (Å²) in [5.41, 5.74) is 5.63. The number of aromatic nitrogens is 3. The van der Waals surface area contributed by atoms with Crippen LogP contribution in [0.4, 0.5) is 16.2 Å². The molecule has 4 N–H and O–H groups in total. The average molecular weight is 375 g/mol. The number of anilines is 2. The number of hydrogen-bond donors (Lipinski definition) is 3. The maximum absolute atomic E-state index is 12.3. The summed E-state index contributed by atoms with van der Waals surface area (Å²) < 4.78 is 28.2. The molecule has 0 aliphatic carbocycles. The van der Waals surface area contributed by atoms with Crippen molar-refractivity contribution in [3.8, 4) is 0 Å². The maximum Gasteiger partial charge on any atom is 0.316 e. The van der Waals surface area contributed by atoms with Gasteiger partial charge in [-0.05, 0) is 34.1 Å². The summed E-state index contributed by atoms with van der Waals surface area (Å²) in [5.74, 6) is 0. The van der Waals surface area contributed by atoms with Crippen molar-refractivity contribution in [2.75, 3.05) is 10.0 Å². The van der Waals surface area contributed by atoms with Crippen molar-refractivity contribution in [2.45, 2.75) is 5.03 Å². The van der Waals surface area contributed by atoms with E-state index in [0.717, 1.165) is 4.68 Å². The van der Waals surface area contributed by atoms with Crippen molar-refractivity contribution in [3.63, 3.8) is 0 Å². The highest BCUT2D eigenvalue weighted by atomic mass is 79.9. The van der Waals surface area contributed by atoms with Crippen molar-refractivity contribution in [2.24, 2.45) is 12.8 Å². The number of sulfonamides is 1. The molecule has 21 heavy (non-hydrogen) atoms. The van der Waals surface area contributed by atoms with Crippen LogP contribution in [0.2, 0.25) is 0 Å². The number of hydrogen-bond acceptors (Lipinski definition) is 5. The van der Waals surface area contributed by atoms with E-state index in [2.05, 4.69) is 36.3 Å². The normalized spacial score (nSPS) is 11.1. The Morgan fingerprint density at radius 2 is 2.05 bits per heavy atom. The zero-order valence-electron chi connectivity index (χ0n) is 10.7. The van der Waals surface area contributed by atoms with Gasteiger partial charge >= 0.3 is 6.03 Å². The number of aryl methyl sites for hydroxylation is 1. The molecule has 0 aliphatic heterocycles. The zero-order valence-corrected chi connectivity index (χ0v) is 13.1. The number of nitrogens with one attached hydrogen (secondary N) is 2. The number of rotatable bonds is 4. The molecular weight excluding hydrogens is 364 g/mol. The van der Waals surface area contributed by atoms with E-state index >= 15 is 0 Å². The Bertz CT molecular complexity index is 768. The molecule has 1 aromatic heterocycles. The predicted molar refractivity (Wildman–Crippen MR) is 79.2 cm³/mol. The lowest BCUT2D eigenvalue weighted by Crippen LogP contribution is -2.20. The van der Waals surface area contributed by atoms with Gasteiger partial charge in [0.05, 0.1) is 5.69 Å². The summed E-state index contributed by atoms with van der Waals surface area (Å²) in [7, 11) is -2.42. The number of carbonyl (C=O) groups excluding carboxylic acids is 1. The van der Waals surface area contributed by atoms with Crippen LogP contribution in [-0.4, -0.2) is 29.4 Å². The number of carbonyl (C=O) groups is 1. The summed E-state index contributed by atoms with van der Waals surface area (Å²) in [6.45, 7) is 0. The Morgan fingerprint density at radius 1 is 1.38 bits per heavy atom. The minimum Gasteiger partial charge on any atom is -0.351 e. The predicted octanol–water partition coefficient (Wildman–Crippen LogP) is 0.869. The first-order valence-electron chi connectivity index (χ1n) is 5.54. The third-order valence-corrected chi connectivity index (χ3v) is 4.64. The Kier molecular flexibility index (Phi) is 4.14. The van der Waals surface area contributed by atoms with Gasteiger partial charge in [-0.3, -0.25) is 4.72 Å². The third-order valence-electron chi connectivity index (χ3n) is 2.37. The minimum atomic E-state index is -3.88. The molecule has 2 amide bonds. The van der Waals surface area contributed by atoms with Crippen LogP contribution in [0.1, 0.15) is 0 Å². The Morgan fingerprint density at radius 3 is 2.62 bits per heavy atom. The Balaban J connectivity index is 2.31. The van der Waals surface area contributed by atoms with Crippen LogP contribution < -0.4 is 15.8 Å². The van der Waals surface area contributed by atoms with E-state index in [1.54, 1.807) is 12.1 Å². The van der Waals surface area contributed by atoms with Crippen LogP contribution >= 0.6 is 15.9 Å². The fourth-order valence-corrected chi connectivity index (χ4v) is 3.76. The SMILES string of the molecule is Cn1nnc(Br)c1S(=O)(=O)Nc1cccc(NC(N)=O)c1. The summed E-state index contributed by atoms with van der Waals surface area (Å²) in [6, 6.07) is 5.36. The summed E-state index contributed by atoms with van der Waals surface area (Å²) in [4.78, 5) is 10.8. The lowest BCUT2D eigenvalue weighted by molar-refractivity contribution is 0.259. The molecule has 0 saturated heterocycles. The monoisotopic (exact) mass is 374 g/mol. The van der Waals surface area contributed by atoms with Gasteiger partial charge in [-0.2, -0.15) is 8.42 Å². The first-order valence-corrected chi connectivity index (χ1v) is 7.82. The van der Waals surface area contributed by atoms with E-state index in [-0.39, 0.29) is 15.3 Å². The van der Waals surface area contributed by atoms with Gasteiger partial charge in [-0.15, -0.1) is 5.10 Å². The average Bonchev–Trinajstić information content (AvgIpc) is 2.68. The van der Waals surface area contributed by atoms with Crippen LogP contribution in [0, 0.1) is 0 Å². The number of benzene rings is 1. The first kappa shape index (κ1) is 15.3. The van der Waals surface area contributed by atoms with Crippen molar-refractivity contribution >= 4 is 43.4 Å². The number of halogens is 1. The number of amides is 2. The van der Waals surface area contributed by atoms with Crippen molar-refractivity contribution in [3.05, 3.63) is 28.9 Å². The number of urea groups is 1. The highest BCUT2D eigenvalue weighted by Crippen LogP contribution is 2.22. The lowest BCUT2D eigenvalue weighted by Gasteiger charge is -2.09. The summed E-state index contributed by atoms with van der Waals surface area (Å²) >= 11 is 3.03. The molecule has 2 rings (SSSR count). The Hall–Kier alpha value is -2.14. The fourth-order valence-electron chi connectivity index (χ4n) is 1.61. The number of primary amides is 1. The molecule has 0 saturated carbocycles. The van der Waals surface area contributed by atoms with Crippen molar-refractivity contribution in [1.82, 2.24) is 15.0 Å². The second-order valence-electron chi connectivity index (χ2n) is 3.98. The summed E-state index contributed by atoms with van der Waals surface area (Å²) in [6.07, 6.45) is 0. The van der Waals surface area contributed by atoms with Crippen LogP contribution in [0.3, 0.4) is 0 Å². The molecular formula is C10H11BrN6O3S. The summed E-state index contributed by atoms with van der Waals surface area (Å²) in [5, 5.41) is 9.46. The van der Waals surface area contributed by atoms with E-state index in [0.29, 0.717) is 5.69 Å². The topological polar surface area (TPSA) is 132 Å². The van der Waals surface area contributed by atoms with E-state index in [4.69, 9.17) is 5.73 Å². The van der Waals surface area contributed by atoms with Gasteiger partial charge in [-0.25, -0.2) is 9.48 Å². The standard InChI is InChI=1S/C10H11BrN6O3S/c1-17-9(8(11)14-16-17)21(19,20)15-7-4-2-3-6(5-7)13-10(12)18/h2-5,15H,1H3,(H3,12,13,18).